The van der Waals surface area contributed by atoms with Crippen molar-refractivity contribution in [2.75, 3.05) is 10.7 Å². The molecule has 28 heavy (non-hydrogen) atoms. The summed E-state index contributed by atoms with van der Waals surface area (Å²) in [6, 6.07) is 5.52. The highest BCUT2D eigenvalue weighted by atomic mass is 19.1. The van der Waals surface area contributed by atoms with Crippen LogP contribution in [0.4, 0.5) is 21.7 Å². The van der Waals surface area contributed by atoms with E-state index in [-0.39, 0.29) is 28.9 Å². The van der Waals surface area contributed by atoms with Crippen molar-refractivity contribution in [3.05, 3.63) is 52.1 Å². The van der Waals surface area contributed by atoms with Crippen molar-refractivity contribution in [2.45, 2.75) is 44.6 Å². The summed E-state index contributed by atoms with van der Waals surface area (Å²) in [7, 11) is 0. The van der Waals surface area contributed by atoms with E-state index in [0.29, 0.717) is 0 Å². The Bertz CT molecular complexity index is 855. The average molecular weight is 388 g/mol. The van der Waals surface area contributed by atoms with Gasteiger partial charge >= 0.3 is 5.69 Å². The van der Waals surface area contributed by atoms with E-state index in [1.54, 1.807) is 0 Å². The number of carbonyl (C=O) groups excluding carboxylic acids is 1. The number of nitro groups is 1. The lowest BCUT2D eigenvalue weighted by Gasteiger charge is -2.17. The van der Waals surface area contributed by atoms with Gasteiger partial charge in [0.05, 0.1) is 10.5 Å². The number of halogens is 1. The Kier molecular flexibility index (Phi) is 6.30. The lowest BCUT2D eigenvalue weighted by Crippen LogP contribution is -2.31. The molecule has 1 aromatic heterocycles. The molecule has 0 atom stereocenters. The molecular formula is C18H21FN6O3. The van der Waals surface area contributed by atoms with Gasteiger partial charge in [0.15, 0.2) is 0 Å². The number of amides is 1. The van der Waals surface area contributed by atoms with Crippen LogP contribution in [0, 0.1) is 15.9 Å². The molecule has 1 heterocycles. The molecule has 3 rings (SSSR count). The Hall–Kier alpha value is -3.30. The third-order valence-corrected chi connectivity index (χ3v) is 4.61. The van der Waals surface area contributed by atoms with Crippen LogP contribution < -0.4 is 16.2 Å². The second kappa shape index (κ2) is 9.07. The molecule has 1 aromatic carbocycles. The second-order valence-electron chi connectivity index (χ2n) is 6.57. The topological polar surface area (TPSA) is 122 Å². The van der Waals surface area contributed by atoms with Crippen LogP contribution in [0.25, 0.3) is 0 Å². The van der Waals surface area contributed by atoms with Gasteiger partial charge < -0.3 is 5.32 Å². The number of benzene rings is 1. The Balaban J connectivity index is 1.76. The highest BCUT2D eigenvalue weighted by Crippen LogP contribution is 2.30. The third kappa shape index (κ3) is 4.70. The van der Waals surface area contributed by atoms with Gasteiger partial charge in [-0.05, 0) is 25.0 Å². The fourth-order valence-corrected chi connectivity index (χ4v) is 3.19. The van der Waals surface area contributed by atoms with Crippen LogP contribution in [0.1, 0.15) is 48.9 Å². The summed E-state index contributed by atoms with van der Waals surface area (Å²) in [4.78, 5) is 31.0. The van der Waals surface area contributed by atoms with Gasteiger partial charge in [-0.15, -0.1) is 0 Å². The third-order valence-electron chi connectivity index (χ3n) is 4.61. The summed E-state index contributed by atoms with van der Waals surface area (Å²) in [6.45, 7) is 0. The van der Waals surface area contributed by atoms with E-state index in [0.717, 1.165) is 44.6 Å². The maximum atomic E-state index is 13.7. The SMILES string of the molecule is O=C(NNc1ncnc(NC2CCCCCC2)c1[N+](=O)[O-])c1ccccc1F. The van der Waals surface area contributed by atoms with Gasteiger partial charge in [0, 0.05) is 6.04 Å². The van der Waals surface area contributed by atoms with Crippen LogP contribution >= 0.6 is 0 Å². The van der Waals surface area contributed by atoms with Crippen LogP contribution in [-0.2, 0) is 0 Å². The van der Waals surface area contributed by atoms with Crippen molar-refractivity contribution in [3.8, 4) is 0 Å². The monoisotopic (exact) mass is 388 g/mol. The van der Waals surface area contributed by atoms with Crippen LogP contribution in [0.3, 0.4) is 0 Å². The van der Waals surface area contributed by atoms with E-state index in [9.17, 15) is 19.3 Å². The molecule has 0 aliphatic heterocycles. The number of nitrogens with one attached hydrogen (secondary N) is 3. The summed E-state index contributed by atoms with van der Waals surface area (Å²) in [5.74, 6) is -1.56. The fourth-order valence-electron chi connectivity index (χ4n) is 3.19. The summed E-state index contributed by atoms with van der Waals surface area (Å²) < 4.78 is 13.7. The van der Waals surface area contributed by atoms with E-state index < -0.39 is 16.6 Å². The largest absolute Gasteiger partial charge is 0.361 e. The minimum Gasteiger partial charge on any atom is -0.361 e. The standard InChI is InChI=1S/C18H21FN6O3/c19-14-10-6-5-9-13(14)18(26)24-23-17-15(25(27)28)16(20-11-21-17)22-12-7-3-1-2-4-8-12/h5-6,9-12H,1-4,7-8H2,(H,24,26)(H2,20,21,22,23). The van der Waals surface area contributed by atoms with Crippen molar-refractivity contribution in [1.82, 2.24) is 15.4 Å². The predicted octanol–water partition coefficient (Wildman–Crippen LogP) is 3.42. The Morgan fingerprint density at radius 2 is 1.79 bits per heavy atom. The van der Waals surface area contributed by atoms with E-state index in [2.05, 4.69) is 26.1 Å². The molecule has 148 valence electrons. The summed E-state index contributed by atoms with van der Waals surface area (Å²) in [6.07, 6.45) is 7.41. The quantitative estimate of drug-likeness (QED) is 0.394. The molecule has 1 aliphatic carbocycles. The van der Waals surface area contributed by atoms with Crippen LogP contribution in [0.2, 0.25) is 0 Å². The molecule has 2 aromatic rings. The van der Waals surface area contributed by atoms with Gasteiger partial charge in [0.2, 0.25) is 11.6 Å². The normalized spacial score (nSPS) is 14.8. The summed E-state index contributed by atoms with van der Waals surface area (Å²) in [5, 5.41) is 14.7. The molecule has 0 bridgehead atoms. The zero-order chi connectivity index (χ0) is 19.9. The molecule has 1 amide bonds. The zero-order valence-electron chi connectivity index (χ0n) is 15.2. The minimum absolute atomic E-state index is 0.0922. The molecule has 0 unspecified atom stereocenters. The molecule has 0 radical (unpaired) electrons. The van der Waals surface area contributed by atoms with Crippen molar-refractivity contribution in [1.29, 1.82) is 0 Å². The Morgan fingerprint density at radius 3 is 2.46 bits per heavy atom. The van der Waals surface area contributed by atoms with Gasteiger partial charge in [-0.2, -0.15) is 0 Å². The minimum atomic E-state index is -0.774. The summed E-state index contributed by atoms with van der Waals surface area (Å²) in [5.41, 5.74) is 4.09. The summed E-state index contributed by atoms with van der Waals surface area (Å²) >= 11 is 0. The number of hydrogen-bond donors (Lipinski definition) is 3. The van der Waals surface area contributed by atoms with Crippen molar-refractivity contribution in [2.24, 2.45) is 0 Å². The van der Waals surface area contributed by atoms with Gasteiger partial charge in [-0.3, -0.25) is 25.8 Å². The van der Waals surface area contributed by atoms with E-state index in [1.165, 1.54) is 24.5 Å². The second-order valence-corrected chi connectivity index (χ2v) is 6.57. The lowest BCUT2D eigenvalue weighted by molar-refractivity contribution is -0.383. The molecule has 9 nitrogen and oxygen atoms in total. The number of hydrazine groups is 1. The van der Waals surface area contributed by atoms with Crippen molar-refractivity contribution >= 4 is 23.2 Å². The lowest BCUT2D eigenvalue weighted by atomic mass is 10.1. The molecule has 1 fully saturated rings. The van der Waals surface area contributed by atoms with Gasteiger partial charge in [0.1, 0.15) is 12.1 Å². The average Bonchev–Trinajstić information content (AvgIpc) is 2.95. The highest BCUT2D eigenvalue weighted by Gasteiger charge is 2.26. The predicted molar refractivity (Wildman–Crippen MR) is 101 cm³/mol. The maximum absolute atomic E-state index is 13.7. The molecule has 1 saturated carbocycles. The number of rotatable bonds is 6. The van der Waals surface area contributed by atoms with Crippen LogP contribution in [0.15, 0.2) is 30.6 Å². The number of nitrogens with zero attached hydrogens (tertiary/aromatic N) is 3. The van der Waals surface area contributed by atoms with Crippen molar-refractivity contribution in [3.63, 3.8) is 0 Å². The first-order valence-electron chi connectivity index (χ1n) is 9.13. The van der Waals surface area contributed by atoms with Crippen molar-refractivity contribution < 1.29 is 14.1 Å². The molecule has 0 spiro atoms. The maximum Gasteiger partial charge on any atom is 0.354 e. The van der Waals surface area contributed by atoms with Gasteiger partial charge in [0.25, 0.3) is 5.91 Å². The first-order valence-corrected chi connectivity index (χ1v) is 9.13. The van der Waals surface area contributed by atoms with Crippen LogP contribution in [0.5, 0.6) is 0 Å². The van der Waals surface area contributed by atoms with E-state index in [1.807, 2.05) is 0 Å². The highest BCUT2D eigenvalue weighted by molar-refractivity contribution is 5.95. The Morgan fingerprint density at radius 1 is 1.11 bits per heavy atom. The molecular weight excluding hydrogens is 367 g/mol. The first kappa shape index (κ1) is 19.5. The molecule has 10 heteroatoms. The van der Waals surface area contributed by atoms with E-state index >= 15 is 0 Å². The number of aromatic nitrogens is 2. The number of anilines is 2. The van der Waals surface area contributed by atoms with Gasteiger partial charge in [-0.25, -0.2) is 14.4 Å². The fraction of sp³-hybridized carbons (Fsp3) is 0.389. The van der Waals surface area contributed by atoms with E-state index in [4.69, 9.17) is 0 Å². The number of hydrogen-bond acceptors (Lipinski definition) is 7. The molecule has 0 saturated heterocycles. The van der Waals surface area contributed by atoms with Crippen LogP contribution in [-0.4, -0.2) is 26.8 Å². The zero-order valence-corrected chi connectivity index (χ0v) is 15.2. The molecule has 3 N–H and O–H groups in total. The first-order chi connectivity index (χ1) is 13.6. The van der Waals surface area contributed by atoms with Gasteiger partial charge in [-0.1, -0.05) is 37.8 Å². The Labute approximate surface area is 160 Å². The molecule has 1 aliphatic rings. The number of carbonyl (C=O) groups is 1. The smallest absolute Gasteiger partial charge is 0.354 e.